The van der Waals surface area contributed by atoms with E-state index in [4.69, 9.17) is 9.84 Å². The van der Waals surface area contributed by atoms with Crippen LogP contribution in [0.4, 0.5) is 0 Å². The highest BCUT2D eigenvalue weighted by Crippen LogP contribution is 2.26. The highest BCUT2D eigenvalue weighted by atomic mass is 16.5. The highest BCUT2D eigenvalue weighted by Gasteiger charge is 2.39. The van der Waals surface area contributed by atoms with Crippen molar-refractivity contribution in [2.75, 3.05) is 13.2 Å². The Hall–Kier alpha value is -0.690. The first-order chi connectivity index (χ1) is 8.11. The Morgan fingerprint density at radius 1 is 1.35 bits per heavy atom. The first-order valence-corrected chi connectivity index (χ1v) is 6.03. The molecule has 4 atom stereocenters. The van der Waals surface area contributed by atoms with Gasteiger partial charge in [-0.1, -0.05) is 0 Å². The second-order valence-corrected chi connectivity index (χ2v) is 4.68. The molecule has 17 heavy (non-hydrogen) atoms. The summed E-state index contributed by atoms with van der Waals surface area (Å²) in [4.78, 5) is 13.4. The Kier molecular flexibility index (Phi) is 3.98. The number of ether oxygens (including phenoxy) is 1. The van der Waals surface area contributed by atoms with Gasteiger partial charge in [-0.25, -0.2) is 0 Å². The fraction of sp³-hybridized carbons (Fsp3) is 0.909. The number of rotatable bonds is 2. The maximum absolute atomic E-state index is 11.8. The van der Waals surface area contributed by atoms with E-state index in [1.165, 1.54) is 0 Å². The number of aliphatic hydroxyl groups excluding tert-OH is 3. The molecule has 6 heteroatoms. The van der Waals surface area contributed by atoms with Gasteiger partial charge < -0.3 is 25.0 Å². The van der Waals surface area contributed by atoms with E-state index in [9.17, 15) is 15.0 Å². The average molecular weight is 245 g/mol. The summed E-state index contributed by atoms with van der Waals surface area (Å²) in [6.07, 6.45) is -0.608. The smallest absolute Gasteiger partial charge is 0.224 e. The Morgan fingerprint density at radius 3 is 2.76 bits per heavy atom. The van der Waals surface area contributed by atoms with E-state index >= 15 is 0 Å². The molecule has 0 unspecified atom stereocenters. The van der Waals surface area contributed by atoms with Crippen molar-refractivity contribution < 1.29 is 24.9 Å². The first kappa shape index (κ1) is 12.8. The normalized spacial score (nSPS) is 39.5. The number of amides is 1. The molecule has 3 N–H and O–H groups in total. The zero-order valence-corrected chi connectivity index (χ0v) is 9.66. The third-order valence-corrected chi connectivity index (χ3v) is 3.45. The first-order valence-electron chi connectivity index (χ1n) is 6.03. The van der Waals surface area contributed by atoms with Crippen LogP contribution in [0.25, 0.3) is 0 Å². The molecular formula is C11H19NO5. The lowest BCUT2D eigenvalue weighted by Gasteiger charge is -2.27. The summed E-state index contributed by atoms with van der Waals surface area (Å²) in [5.74, 6) is -0.0580. The van der Waals surface area contributed by atoms with Crippen molar-refractivity contribution in [1.82, 2.24) is 4.90 Å². The summed E-state index contributed by atoms with van der Waals surface area (Å²) in [6, 6.07) is 0. The van der Waals surface area contributed by atoms with Gasteiger partial charge in [0.1, 0.15) is 12.3 Å². The minimum atomic E-state index is -0.731. The van der Waals surface area contributed by atoms with Crippen LogP contribution in [0.2, 0.25) is 0 Å². The van der Waals surface area contributed by atoms with E-state index in [1.807, 2.05) is 0 Å². The van der Waals surface area contributed by atoms with Crippen LogP contribution < -0.4 is 0 Å². The molecule has 2 aliphatic rings. The van der Waals surface area contributed by atoms with Crippen LogP contribution in [-0.4, -0.2) is 63.8 Å². The molecule has 2 saturated heterocycles. The summed E-state index contributed by atoms with van der Waals surface area (Å²) >= 11 is 0. The predicted molar refractivity (Wildman–Crippen MR) is 57.9 cm³/mol. The molecule has 2 heterocycles. The number of hydrogen-bond acceptors (Lipinski definition) is 5. The van der Waals surface area contributed by atoms with Gasteiger partial charge in [-0.15, -0.1) is 0 Å². The molecule has 6 nitrogen and oxygen atoms in total. The largest absolute Gasteiger partial charge is 0.394 e. The number of carbonyl (C=O) groups excluding carboxylic acids is 1. The van der Waals surface area contributed by atoms with Crippen molar-refractivity contribution >= 4 is 5.91 Å². The molecule has 0 aromatic heterocycles. The predicted octanol–water partition coefficient (Wildman–Crippen LogP) is -1.17. The number of nitrogens with zero attached hydrogens (tertiary/aromatic N) is 1. The van der Waals surface area contributed by atoms with E-state index in [2.05, 4.69) is 0 Å². The summed E-state index contributed by atoms with van der Waals surface area (Å²) in [6.45, 7) is 0.192. The fourth-order valence-electron chi connectivity index (χ4n) is 2.37. The highest BCUT2D eigenvalue weighted by molar-refractivity contribution is 5.76. The third-order valence-electron chi connectivity index (χ3n) is 3.45. The monoisotopic (exact) mass is 245 g/mol. The number of aliphatic hydroxyl groups is 3. The molecule has 98 valence electrons. The zero-order valence-electron chi connectivity index (χ0n) is 9.66. The van der Waals surface area contributed by atoms with Gasteiger partial charge in [-0.2, -0.15) is 0 Å². The summed E-state index contributed by atoms with van der Waals surface area (Å²) in [5.41, 5.74) is 0. The average Bonchev–Trinajstić information content (AvgIpc) is 2.59. The Morgan fingerprint density at radius 2 is 2.12 bits per heavy atom. The maximum Gasteiger partial charge on any atom is 0.224 e. The second kappa shape index (κ2) is 5.30. The van der Waals surface area contributed by atoms with Crippen LogP contribution in [0.15, 0.2) is 0 Å². The van der Waals surface area contributed by atoms with Crippen molar-refractivity contribution in [2.45, 2.75) is 50.2 Å². The van der Waals surface area contributed by atoms with Gasteiger partial charge in [-0.3, -0.25) is 4.79 Å². The summed E-state index contributed by atoms with van der Waals surface area (Å²) in [5, 5.41) is 28.1. The van der Waals surface area contributed by atoms with E-state index in [1.54, 1.807) is 4.90 Å². The standard InChI is InChI=1S/C11H19NO5/c13-6-9-8(15)5-11(17-9)12-4-3-7(14)1-2-10(12)16/h7-9,11,13-15H,1-6H2/t7-,8-,9+,11+/m0/s1. The zero-order chi connectivity index (χ0) is 12.4. The molecule has 2 fully saturated rings. The fourth-order valence-corrected chi connectivity index (χ4v) is 2.37. The van der Waals surface area contributed by atoms with Crippen molar-refractivity contribution in [1.29, 1.82) is 0 Å². The van der Waals surface area contributed by atoms with Crippen LogP contribution in [-0.2, 0) is 9.53 Å². The number of carbonyl (C=O) groups is 1. The molecule has 0 saturated carbocycles. The minimum absolute atomic E-state index is 0.0580. The third kappa shape index (κ3) is 2.77. The summed E-state index contributed by atoms with van der Waals surface area (Å²) < 4.78 is 5.45. The van der Waals surface area contributed by atoms with E-state index in [-0.39, 0.29) is 12.5 Å². The molecule has 0 bridgehead atoms. The molecular weight excluding hydrogens is 226 g/mol. The molecule has 0 aromatic rings. The minimum Gasteiger partial charge on any atom is -0.394 e. The van der Waals surface area contributed by atoms with Crippen LogP contribution in [0.1, 0.15) is 25.7 Å². The Balaban J connectivity index is 1.99. The van der Waals surface area contributed by atoms with Crippen LogP contribution in [0.3, 0.4) is 0 Å². The van der Waals surface area contributed by atoms with E-state index in [0.29, 0.717) is 32.2 Å². The van der Waals surface area contributed by atoms with Gasteiger partial charge in [-0.05, 0) is 12.8 Å². The van der Waals surface area contributed by atoms with Crippen LogP contribution in [0, 0.1) is 0 Å². The maximum atomic E-state index is 11.8. The van der Waals surface area contributed by atoms with Gasteiger partial charge in [0.05, 0.1) is 18.8 Å². The molecule has 2 rings (SSSR count). The van der Waals surface area contributed by atoms with Crippen molar-refractivity contribution in [2.24, 2.45) is 0 Å². The lowest BCUT2D eigenvalue weighted by atomic mass is 10.2. The molecule has 2 aliphatic heterocycles. The van der Waals surface area contributed by atoms with Crippen molar-refractivity contribution in [3.63, 3.8) is 0 Å². The Labute approximate surface area is 99.8 Å². The lowest BCUT2D eigenvalue weighted by Crippen LogP contribution is -2.40. The van der Waals surface area contributed by atoms with Crippen LogP contribution in [0.5, 0.6) is 0 Å². The van der Waals surface area contributed by atoms with Gasteiger partial charge in [0.2, 0.25) is 5.91 Å². The quantitative estimate of drug-likeness (QED) is 0.570. The Bertz CT molecular complexity index is 285. The number of likely N-dealkylation sites (tertiary alicyclic amines) is 1. The lowest BCUT2D eigenvalue weighted by molar-refractivity contribution is -0.146. The number of hydrogen-bond donors (Lipinski definition) is 3. The van der Waals surface area contributed by atoms with Gasteiger partial charge in [0, 0.05) is 19.4 Å². The molecule has 0 aliphatic carbocycles. The van der Waals surface area contributed by atoms with E-state index < -0.39 is 24.5 Å². The SMILES string of the molecule is O=C1CC[C@H](O)CCN1[C@H]1C[C@H](O)[C@@H](CO)O1. The molecule has 0 radical (unpaired) electrons. The van der Waals surface area contributed by atoms with Crippen LogP contribution >= 0.6 is 0 Å². The van der Waals surface area contributed by atoms with E-state index in [0.717, 1.165) is 0 Å². The van der Waals surface area contributed by atoms with Crippen molar-refractivity contribution in [3.8, 4) is 0 Å². The molecule has 0 aromatic carbocycles. The van der Waals surface area contributed by atoms with Crippen molar-refractivity contribution in [3.05, 3.63) is 0 Å². The molecule has 1 amide bonds. The van der Waals surface area contributed by atoms with Gasteiger partial charge in [0.15, 0.2) is 0 Å². The second-order valence-electron chi connectivity index (χ2n) is 4.68. The summed E-state index contributed by atoms with van der Waals surface area (Å²) in [7, 11) is 0. The van der Waals surface area contributed by atoms with Gasteiger partial charge in [0.25, 0.3) is 0 Å². The van der Waals surface area contributed by atoms with Gasteiger partial charge >= 0.3 is 0 Å². The molecule has 0 spiro atoms. The topological polar surface area (TPSA) is 90.2 Å².